The topological polar surface area (TPSA) is 29.5 Å². The van der Waals surface area contributed by atoms with E-state index in [1.54, 1.807) is 0 Å². The molecule has 0 aromatic carbocycles. The predicted octanol–water partition coefficient (Wildman–Crippen LogP) is 2.76. The number of carbonyl (C=O) groups is 1. The Bertz CT molecular complexity index is 306. The second-order valence-corrected chi connectivity index (χ2v) is 5.71. The summed E-state index contributed by atoms with van der Waals surface area (Å²) in [7, 11) is 0. The Hall–Kier alpha value is -0.830. The first-order chi connectivity index (χ1) is 8.74. The highest BCUT2D eigenvalue weighted by Gasteiger charge is 2.17. The molecule has 2 rings (SSSR count). The minimum absolute atomic E-state index is 0.0387. The standard InChI is InChI=1S/C15H25NO2/c1-13-5-7-14(8-6-13)12-18-15(17)11-16-9-3-2-4-10-16/h5,14H,2-4,6-12H2,1H3/t14-/m1/s1. The summed E-state index contributed by atoms with van der Waals surface area (Å²) in [6, 6.07) is 0. The summed E-state index contributed by atoms with van der Waals surface area (Å²) in [5.41, 5.74) is 1.48. The van der Waals surface area contributed by atoms with E-state index in [-0.39, 0.29) is 5.97 Å². The van der Waals surface area contributed by atoms with Gasteiger partial charge in [-0.15, -0.1) is 0 Å². The maximum Gasteiger partial charge on any atom is 0.320 e. The molecule has 0 unspecified atom stereocenters. The van der Waals surface area contributed by atoms with E-state index in [1.165, 1.54) is 31.3 Å². The number of piperidine rings is 1. The quantitative estimate of drug-likeness (QED) is 0.568. The van der Waals surface area contributed by atoms with Crippen molar-refractivity contribution in [2.75, 3.05) is 26.2 Å². The number of ether oxygens (including phenoxy) is 1. The van der Waals surface area contributed by atoms with Crippen LogP contribution in [0.3, 0.4) is 0 Å². The van der Waals surface area contributed by atoms with Crippen LogP contribution in [0.4, 0.5) is 0 Å². The Morgan fingerprint density at radius 2 is 2.17 bits per heavy atom. The molecule has 0 N–H and O–H groups in total. The van der Waals surface area contributed by atoms with Crippen LogP contribution in [0.1, 0.15) is 45.4 Å². The van der Waals surface area contributed by atoms with E-state index in [9.17, 15) is 4.79 Å². The normalized spacial score (nSPS) is 25.6. The summed E-state index contributed by atoms with van der Waals surface area (Å²) in [5.74, 6) is 0.502. The van der Waals surface area contributed by atoms with Gasteiger partial charge in [0.1, 0.15) is 0 Å². The predicted molar refractivity (Wildman–Crippen MR) is 72.3 cm³/mol. The van der Waals surface area contributed by atoms with Gasteiger partial charge < -0.3 is 4.74 Å². The lowest BCUT2D eigenvalue weighted by Crippen LogP contribution is -2.35. The molecule has 2 aliphatic rings. The van der Waals surface area contributed by atoms with Gasteiger partial charge in [-0.1, -0.05) is 18.1 Å². The lowest BCUT2D eigenvalue weighted by atomic mass is 9.91. The molecular weight excluding hydrogens is 226 g/mol. The van der Waals surface area contributed by atoms with Crippen LogP contribution < -0.4 is 0 Å². The van der Waals surface area contributed by atoms with Gasteiger partial charge in [-0.05, 0) is 58.0 Å². The fraction of sp³-hybridized carbons (Fsp3) is 0.800. The number of hydrogen-bond acceptors (Lipinski definition) is 3. The molecule has 1 atom stereocenters. The highest BCUT2D eigenvalue weighted by Crippen LogP contribution is 2.23. The molecule has 1 heterocycles. The van der Waals surface area contributed by atoms with E-state index in [0.29, 0.717) is 19.1 Å². The Morgan fingerprint density at radius 1 is 1.39 bits per heavy atom. The zero-order valence-corrected chi connectivity index (χ0v) is 11.5. The van der Waals surface area contributed by atoms with Gasteiger partial charge in [0.15, 0.2) is 0 Å². The van der Waals surface area contributed by atoms with Gasteiger partial charge in [0.05, 0.1) is 13.2 Å². The summed E-state index contributed by atoms with van der Waals surface area (Å²) in [4.78, 5) is 14.0. The monoisotopic (exact) mass is 251 g/mol. The summed E-state index contributed by atoms with van der Waals surface area (Å²) in [6.45, 7) is 5.39. The van der Waals surface area contributed by atoms with Crippen molar-refractivity contribution in [1.29, 1.82) is 0 Å². The highest BCUT2D eigenvalue weighted by atomic mass is 16.5. The Morgan fingerprint density at radius 3 is 2.83 bits per heavy atom. The van der Waals surface area contributed by atoms with Crippen LogP contribution in [0.5, 0.6) is 0 Å². The van der Waals surface area contributed by atoms with Gasteiger partial charge in [0.25, 0.3) is 0 Å². The van der Waals surface area contributed by atoms with Crippen LogP contribution >= 0.6 is 0 Å². The van der Waals surface area contributed by atoms with Gasteiger partial charge in [-0.3, -0.25) is 9.69 Å². The molecule has 0 radical (unpaired) electrons. The number of esters is 1. The van der Waals surface area contributed by atoms with Crippen LogP contribution in [-0.4, -0.2) is 37.1 Å². The largest absolute Gasteiger partial charge is 0.464 e. The smallest absolute Gasteiger partial charge is 0.320 e. The Balaban J connectivity index is 1.62. The number of allylic oxidation sites excluding steroid dienone is 2. The van der Waals surface area contributed by atoms with Crippen molar-refractivity contribution in [3.05, 3.63) is 11.6 Å². The third-order valence-corrected chi connectivity index (χ3v) is 4.03. The van der Waals surface area contributed by atoms with Gasteiger partial charge in [0, 0.05) is 0 Å². The minimum atomic E-state index is -0.0387. The van der Waals surface area contributed by atoms with Crippen molar-refractivity contribution in [1.82, 2.24) is 4.90 Å². The summed E-state index contributed by atoms with van der Waals surface area (Å²) in [6.07, 6.45) is 9.43. The van der Waals surface area contributed by atoms with Crippen LogP contribution in [0.25, 0.3) is 0 Å². The van der Waals surface area contributed by atoms with E-state index in [2.05, 4.69) is 17.9 Å². The van der Waals surface area contributed by atoms with Crippen LogP contribution in [-0.2, 0) is 9.53 Å². The molecule has 3 heteroatoms. The average molecular weight is 251 g/mol. The van der Waals surface area contributed by atoms with Crippen molar-refractivity contribution >= 4 is 5.97 Å². The maximum atomic E-state index is 11.7. The van der Waals surface area contributed by atoms with Gasteiger partial charge in [0.2, 0.25) is 0 Å². The molecule has 0 saturated carbocycles. The van der Waals surface area contributed by atoms with Crippen LogP contribution in [0.15, 0.2) is 11.6 Å². The van der Waals surface area contributed by atoms with Crippen molar-refractivity contribution in [2.45, 2.75) is 45.4 Å². The van der Waals surface area contributed by atoms with Gasteiger partial charge in [-0.2, -0.15) is 0 Å². The molecule has 1 aliphatic carbocycles. The molecule has 0 aromatic rings. The van der Waals surface area contributed by atoms with Gasteiger partial charge >= 0.3 is 5.97 Å². The Kier molecular flexibility index (Phi) is 5.24. The highest BCUT2D eigenvalue weighted by molar-refractivity contribution is 5.71. The second kappa shape index (κ2) is 6.93. The zero-order valence-electron chi connectivity index (χ0n) is 11.5. The molecule has 0 amide bonds. The molecule has 0 spiro atoms. The molecule has 0 bridgehead atoms. The average Bonchev–Trinajstić information content (AvgIpc) is 2.39. The molecule has 1 fully saturated rings. The molecule has 1 aliphatic heterocycles. The van der Waals surface area contributed by atoms with Crippen molar-refractivity contribution in [2.24, 2.45) is 5.92 Å². The maximum absolute atomic E-state index is 11.7. The third-order valence-electron chi connectivity index (χ3n) is 4.03. The first-order valence-electron chi connectivity index (χ1n) is 7.27. The number of rotatable bonds is 4. The lowest BCUT2D eigenvalue weighted by molar-refractivity contribution is -0.146. The van der Waals surface area contributed by atoms with Crippen molar-refractivity contribution in [3.63, 3.8) is 0 Å². The fourth-order valence-corrected chi connectivity index (χ4v) is 2.73. The molecule has 1 saturated heterocycles. The van der Waals surface area contributed by atoms with E-state index < -0.39 is 0 Å². The molecule has 18 heavy (non-hydrogen) atoms. The number of hydrogen-bond donors (Lipinski definition) is 0. The second-order valence-electron chi connectivity index (χ2n) is 5.71. The number of carbonyl (C=O) groups excluding carboxylic acids is 1. The number of likely N-dealkylation sites (tertiary alicyclic amines) is 1. The summed E-state index contributed by atoms with van der Waals surface area (Å²) in [5, 5.41) is 0. The SMILES string of the molecule is CC1=CC[C@@H](COC(=O)CN2CCCCC2)CC1. The van der Waals surface area contributed by atoms with E-state index >= 15 is 0 Å². The van der Waals surface area contributed by atoms with E-state index in [1.807, 2.05) is 0 Å². The fourth-order valence-electron chi connectivity index (χ4n) is 2.73. The lowest BCUT2D eigenvalue weighted by Gasteiger charge is -2.26. The van der Waals surface area contributed by atoms with Crippen LogP contribution in [0, 0.1) is 5.92 Å². The number of nitrogens with zero attached hydrogens (tertiary/aromatic N) is 1. The summed E-state index contributed by atoms with van der Waals surface area (Å²) >= 11 is 0. The van der Waals surface area contributed by atoms with E-state index in [4.69, 9.17) is 4.74 Å². The molecule has 102 valence electrons. The first kappa shape index (κ1) is 13.6. The minimum Gasteiger partial charge on any atom is -0.464 e. The molecule has 0 aromatic heterocycles. The first-order valence-corrected chi connectivity index (χ1v) is 7.27. The Labute approximate surface area is 110 Å². The van der Waals surface area contributed by atoms with Crippen molar-refractivity contribution in [3.8, 4) is 0 Å². The van der Waals surface area contributed by atoms with Crippen LogP contribution in [0.2, 0.25) is 0 Å². The summed E-state index contributed by atoms with van der Waals surface area (Å²) < 4.78 is 5.41. The zero-order chi connectivity index (χ0) is 12.8. The van der Waals surface area contributed by atoms with Crippen molar-refractivity contribution < 1.29 is 9.53 Å². The molecule has 3 nitrogen and oxygen atoms in total. The molecular formula is C15H25NO2. The van der Waals surface area contributed by atoms with E-state index in [0.717, 1.165) is 25.9 Å². The third kappa shape index (κ3) is 4.45. The van der Waals surface area contributed by atoms with Gasteiger partial charge in [-0.25, -0.2) is 0 Å².